The Bertz CT molecular complexity index is 535. The number of hydrogen-bond acceptors (Lipinski definition) is 9. The number of aldehydes is 1. The zero-order valence-corrected chi connectivity index (χ0v) is 12.7. The molecule has 0 radical (unpaired) electrons. The van der Waals surface area contributed by atoms with Crippen molar-refractivity contribution in [3.8, 4) is 5.75 Å². The lowest BCUT2D eigenvalue weighted by Gasteiger charge is -2.26. The highest BCUT2D eigenvalue weighted by Crippen LogP contribution is 2.12. The maximum Gasteiger partial charge on any atom is 0.324 e. The van der Waals surface area contributed by atoms with E-state index < -0.39 is 43.0 Å². The molecule has 0 aromatic heterocycles. The Balaban J connectivity index is 2.65. The number of phenolic OH excluding ortho intramolecular Hbond substituents is 1. The van der Waals surface area contributed by atoms with E-state index in [4.69, 9.17) is 15.6 Å². The molecule has 7 N–H and O–H groups in total. The molecule has 0 aliphatic rings. The van der Waals surface area contributed by atoms with Gasteiger partial charge in [0.15, 0.2) is 12.4 Å². The van der Waals surface area contributed by atoms with Gasteiger partial charge in [0, 0.05) is 0 Å². The second kappa shape index (κ2) is 9.30. The molecule has 0 aliphatic carbocycles. The molecule has 0 saturated carbocycles. The largest absolute Gasteiger partial charge is 0.508 e. The van der Waals surface area contributed by atoms with Gasteiger partial charge in [-0.2, -0.15) is 0 Å². The lowest BCUT2D eigenvalue weighted by molar-refractivity contribution is -0.169. The molecule has 0 saturated heterocycles. The van der Waals surface area contributed by atoms with Crippen LogP contribution in [0.5, 0.6) is 5.75 Å². The van der Waals surface area contributed by atoms with E-state index in [1.54, 1.807) is 12.1 Å². The van der Waals surface area contributed by atoms with Gasteiger partial charge >= 0.3 is 5.97 Å². The van der Waals surface area contributed by atoms with Crippen molar-refractivity contribution in [3.63, 3.8) is 0 Å². The summed E-state index contributed by atoms with van der Waals surface area (Å²) in [6.45, 7) is -0.849. The van der Waals surface area contributed by atoms with Crippen LogP contribution >= 0.6 is 0 Å². The number of aliphatic hydroxyl groups is 4. The number of esters is 1. The van der Waals surface area contributed by atoms with E-state index in [1.807, 2.05) is 0 Å². The van der Waals surface area contributed by atoms with Gasteiger partial charge in [0.1, 0.15) is 30.1 Å². The van der Waals surface area contributed by atoms with Crippen LogP contribution in [0.15, 0.2) is 24.3 Å². The normalized spacial score (nSPS) is 17.4. The molecule has 1 rings (SSSR count). The summed E-state index contributed by atoms with van der Waals surface area (Å²) in [5, 5.41) is 46.4. The summed E-state index contributed by atoms with van der Waals surface area (Å²) >= 11 is 0. The molecule has 0 unspecified atom stereocenters. The molecular formula is C15H21NO8. The van der Waals surface area contributed by atoms with Gasteiger partial charge in [0.05, 0.1) is 6.61 Å². The Hall–Kier alpha value is -2.04. The zero-order chi connectivity index (χ0) is 18.3. The summed E-state index contributed by atoms with van der Waals surface area (Å²) in [6.07, 6.45) is -7.11. The highest BCUT2D eigenvalue weighted by molar-refractivity contribution is 5.78. The summed E-state index contributed by atoms with van der Waals surface area (Å²) in [5.41, 5.74) is 6.30. The molecule has 24 heavy (non-hydrogen) atoms. The fourth-order valence-electron chi connectivity index (χ4n) is 1.90. The first-order valence-corrected chi connectivity index (χ1v) is 7.14. The number of aliphatic hydroxyl groups excluding tert-OH is 4. The van der Waals surface area contributed by atoms with Crippen molar-refractivity contribution in [2.24, 2.45) is 5.73 Å². The zero-order valence-electron chi connectivity index (χ0n) is 12.7. The molecule has 5 atom stereocenters. The van der Waals surface area contributed by atoms with Crippen LogP contribution < -0.4 is 5.73 Å². The van der Waals surface area contributed by atoms with Crippen LogP contribution in [0.3, 0.4) is 0 Å². The first-order chi connectivity index (χ1) is 11.3. The Morgan fingerprint density at radius 2 is 1.75 bits per heavy atom. The molecule has 0 spiro atoms. The van der Waals surface area contributed by atoms with Gasteiger partial charge in [-0.1, -0.05) is 12.1 Å². The third kappa shape index (κ3) is 5.55. The number of benzene rings is 1. The number of phenols is 1. The van der Waals surface area contributed by atoms with Gasteiger partial charge < -0.3 is 36.0 Å². The number of carbonyl (C=O) groups is 2. The van der Waals surface area contributed by atoms with E-state index in [0.717, 1.165) is 0 Å². The van der Waals surface area contributed by atoms with Crippen LogP contribution in [0.4, 0.5) is 0 Å². The van der Waals surface area contributed by atoms with Crippen molar-refractivity contribution < 1.29 is 39.9 Å². The van der Waals surface area contributed by atoms with E-state index in [0.29, 0.717) is 5.56 Å². The Morgan fingerprint density at radius 3 is 2.25 bits per heavy atom. The van der Waals surface area contributed by atoms with E-state index in [2.05, 4.69) is 0 Å². The van der Waals surface area contributed by atoms with Gasteiger partial charge in [-0.3, -0.25) is 9.59 Å². The van der Waals surface area contributed by atoms with Crippen LogP contribution in [0.1, 0.15) is 5.56 Å². The minimum absolute atomic E-state index is 0.0514. The van der Waals surface area contributed by atoms with Crippen molar-refractivity contribution in [2.45, 2.75) is 36.9 Å². The molecule has 1 aromatic carbocycles. The van der Waals surface area contributed by atoms with Gasteiger partial charge in [-0.15, -0.1) is 0 Å². The van der Waals surface area contributed by atoms with Crippen molar-refractivity contribution in [1.29, 1.82) is 0 Å². The average Bonchev–Trinajstić information content (AvgIpc) is 2.59. The van der Waals surface area contributed by atoms with E-state index in [1.165, 1.54) is 12.1 Å². The minimum Gasteiger partial charge on any atom is -0.508 e. The van der Waals surface area contributed by atoms with Gasteiger partial charge in [-0.25, -0.2) is 0 Å². The number of ether oxygens (including phenoxy) is 1. The summed E-state index contributed by atoms with van der Waals surface area (Å²) in [7, 11) is 0. The van der Waals surface area contributed by atoms with Crippen molar-refractivity contribution in [2.75, 3.05) is 6.61 Å². The van der Waals surface area contributed by atoms with Crippen molar-refractivity contribution in [1.82, 2.24) is 0 Å². The Morgan fingerprint density at radius 1 is 1.17 bits per heavy atom. The molecule has 9 nitrogen and oxygen atoms in total. The molecule has 9 heteroatoms. The van der Waals surface area contributed by atoms with Crippen LogP contribution in [0.25, 0.3) is 0 Å². The summed E-state index contributed by atoms with van der Waals surface area (Å²) in [4.78, 5) is 22.8. The second-order valence-electron chi connectivity index (χ2n) is 5.25. The number of carbonyl (C=O) groups excluding carboxylic acids is 2. The van der Waals surface area contributed by atoms with Crippen LogP contribution in [-0.2, 0) is 20.7 Å². The third-order valence-electron chi connectivity index (χ3n) is 3.35. The molecule has 0 aliphatic heterocycles. The Kier molecular flexibility index (Phi) is 7.75. The summed E-state index contributed by atoms with van der Waals surface area (Å²) in [6, 6.07) is 4.78. The lowest BCUT2D eigenvalue weighted by Crippen LogP contribution is -2.49. The predicted molar refractivity (Wildman–Crippen MR) is 80.8 cm³/mol. The molecule has 0 bridgehead atoms. The Labute approximate surface area is 137 Å². The lowest BCUT2D eigenvalue weighted by atomic mass is 10.0. The van der Waals surface area contributed by atoms with E-state index >= 15 is 0 Å². The number of aromatic hydroxyl groups is 1. The third-order valence-corrected chi connectivity index (χ3v) is 3.35. The summed E-state index contributed by atoms with van der Waals surface area (Å²) < 4.78 is 4.75. The topological polar surface area (TPSA) is 171 Å². The average molecular weight is 343 g/mol. The highest BCUT2D eigenvalue weighted by Gasteiger charge is 2.34. The van der Waals surface area contributed by atoms with Crippen molar-refractivity contribution in [3.05, 3.63) is 29.8 Å². The number of rotatable bonds is 9. The number of nitrogens with two attached hydrogens (primary N) is 1. The fourth-order valence-corrected chi connectivity index (χ4v) is 1.90. The van der Waals surface area contributed by atoms with Gasteiger partial charge in [0.2, 0.25) is 0 Å². The predicted octanol–water partition coefficient (Wildman–Crippen LogP) is -2.55. The minimum atomic E-state index is -1.92. The monoisotopic (exact) mass is 343 g/mol. The molecule has 0 amide bonds. The summed E-state index contributed by atoms with van der Waals surface area (Å²) in [5.74, 6) is -0.944. The standard InChI is InChI=1S/C15H21NO8/c16-10(5-8-1-3-9(19)4-2-8)15(23)24-12(7-18)14(22)13(21)11(20)6-17/h1-4,7,10-14,17,19-22H,5-6,16H2/t10-,11+,12-,13+,14+/m0/s1. The molecule has 134 valence electrons. The van der Waals surface area contributed by atoms with Gasteiger partial charge in [-0.05, 0) is 24.1 Å². The maximum atomic E-state index is 11.9. The van der Waals surface area contributed by atoms with Gasteiger partial charge in [0.25, 0.3) is 0 Å². The van der Waals surface area contributed by atoms with Crippen LogP contribution in [-0.4, -0.2) is 74.9 Å². The molecule has 1 aromatic rings. The first-order valence-electron chi connectivity index (χ1n) is 7.14. The van der Waals surface area contributed by atoms with Crippen molar-refractivity contribution >= 4 is 12.3 Å². The SMILES string of the molecule is N[C@@H](Cc1ccc(O)cc1)C(=O)O[C@@H](C=O)[C@@H](O)[C@H](O)[C@H](O)CO. The van der Waals surface area contributed by atoms with E-state index in [9.17, 15) is 30.0 Å². The maximum absolute atomic E-state index is 11.9. The van der Waals surface area contributed by atoms with Crippen LogP contribution in [0.2, 0.25) is 0 Å². The highest BCUT2D eigenvalue weighted by atomic mass is 16.6. The van der Waals surface area contributed by atoms with E-state index in [-0.39, 0.29) is 18.5 Å². The van der Waals surface area contributed by atoms with Crippen LogP contribution in [0, 0.1) is 0 Å². The quantitative estimate of drug-likeness (QED) is 0.208. The first kappa shape index (κ1) is 20.0. The smallest absolute Gasteiger partial charge is 0.324 e. The molecular weight excluding hydrogens is 322 g/mol. The molecule has 0 fully saturated rings. The fraction of sp³-hybridized carbons (Fsp3) is 0.467. The molecule has 0 heterocycles. The number of hydrogen-bond donors (Lipinski definition) is 6. The second-order valence-corrected chi connectivity index (χ2v) is 5.25.